The van der Waals surface area contributed by atoms with Crippen molar-refractivity contribution in [3.8, 4) is 23.0 Å². The summed E-state index contributed by atoms with van der Waals surface area (Å²) < 4.78 is 21.4. The van der Waals surface area contributed by atoms with Crippen LogP contribution in [0.15, 0.2) is 42.5 Å². The van der Waals surface area contributed by atoms with Crippen LogP contribution in [0.25, 0.3) is 6.08 Å². The monoisotopic (exact) mass is 410 g/mol. The molecular formula is C23H26N2O5. The second kappa shape index (κ2) is 9.09. The van der Waals surface area contributed by atoms with Gasteiger partial charge in [-0.3, -0.25) is 9.69 Å². The molecule has 2 aromatic carbocycles. The summed E-state index contributed by atoms with van der Waals surface area (Å²) >= 11 is 0. The Bertz CT molecular complexity index is 935. The van der Waals surface area contributed by atoms with Gasteiger partial charge in [0.15, 0.2) is 23.0 Å². The van der Waals surface area contributed by atoms with Gasteiger partial charge in [0.25, 0.3) is 0 Å². The number of ether oxygens (including phenoxy) is 4. The average Bonchev–Trinajstić information content (AvgIpc) is 3.25. The summed E-state index contributed by atoms with van der Waals surface area (Å²) in [5.41, 5.74) is 2.08. The highest BCUT2D eigenvalue weighted by Gasteiger charge is 2.21. The van der Waals surface area contributed by atoms with Gasteiger partial charge < -0.3 is 23.8 Å². The fourth-order valence-corrected chi connectivity index (χ4v) is 3.65. The molecule has 0 atom stereocenters. The molecule has 7 nitrogen and oxygen atoms in total. The molecule has 0 radical (unpaired) electrons. The van der Waals surface area contributed by atoms with Crippen LogP contribution in [0.3, 0.4) is 0 Å². The maximum absolute atomic E-state index is 12.6. The highest BCUT2D eigenvalue weighted by atomic mass is 16.7. The van der Waals surface area contributed by atoms with Crippen molar-refractivity contribution in [1.29, 1.82) is 0 Å². The van der Waals surface area contributed by atoms with Crippen molar-refractivity contribution in [1.82, 2.24) is 9.80 Å². The number of piperazine rings is 1. The summed E-state index contributed by atoms with van der Waals surface area (Å²) in [6, 6.07) is 11.6. The van der Waals surface area contributed by atoms with Gasteiger partial charge >= 0.3 is 0 Å². The lowest BCUT2D eigenvalue weighted by molar-refractivity contribution is -0.127. The summed E-state index contributed by atoms with van der Waals surface area (Å²) in [4.78, 5) is 16.8. The van der Waals surface area contributed by atoms with Crippen LogP contribution in [0.5, 0.6) is 23.0 Å². The first-order chi connectivity index (χ1) is 14.7. The van der Waals surface area contributed by atoms with Gasteiger partial charge in [0.1, 0.15) is 0 Å². The summed E-state index contributed by atoms with van der Waals surface area (Å²) in [6.07, 6.45) is 3.43. The van der Waals surface area contributed by atoms with E-state index in [2.05, 4.69) is 11.0 Å². The van der Waals surface area contributed by atoms with Gasteiger partial charge in [0, 0.05) is 38.8 Å². The van der Waals surface area contributed by atoms with Gasteiger partial charge in [-0.05, 0) is 41.5 Å². The lowest BCUT2D eigenvalue weighted by Gasteiger charge is -2.34. The van der Waals surface area contributed by atoms with Gasteiger partial charge in [-0.1, -0.05) is 12.1 Å². The van der Waals surface area contributed by atoms with Crippen molar-refractivity contribution < 1.29 is 23.7 Å². The normalized spacial score (nSPS) is 16.1. The molecular weight excluding hydrogens is 384 g/mol. The van der Waals surface area contributed by atoms with Crippen molar-refractivity contribution >= 4 is 12.0 Å². The Morgan fingerprint density at radius 2 is 1.73 bits per heavy atom. The average molecular weight is 410 g/mol. The second-order valence-corrected chi connectivity index (χ2v) is 7.24. The lowest BCUT2D eigenvalue weighted by atomic mass is 10.1. The minimum atomic E-state index is 0.0208. The standard InChI is InChI=1S/C23H26N2O5/c1-27-19-6-3-17(13-21(19)28-2)5-8-23(26)25-11-9-24(10-12-25)15-18-4-7-20-22(14-18)30-16-29-20/h3-8,13-14H,9-12,15-16H2,1-2H3/b8-5-. The number of carbonyl (C=O) groups is 1. The minimum Gasteiger partial charge on any atom is -0.493 e. The van der Waals surface area contributed by atoms with Crippen LogP contribution in [-0.2, 0) is 11.3 Å². The van der Waals surface area contributed by atoms with E-state index < -0.39 is 0 Å². The number of benzene rings is 2. The van der Waals surface area contributed by atoms with Crippen LogP contribution >= 0.6 is 0 Å². The molecule has 2 aliphatic heterocycles. The fraction of sp³-hybridized carbons (Fsp3) is 0.348. The van der Waals surface area contributed by atoms with E-state index in [0.29, 0.717) is 24.6 Å². The summed E-state index contributed by atoms with van der Waals surface area (Å²) in [5, 5.41) is 0. The number of amides is 1. The molecule has 0 spiro atoms. The third-order valence-corrected chi connectivity index (χ3v) is 5.35. The molecule has 7 heteroatoms. The minimum absolute atomic E-state index is 0.0208. The van der Waals surface area contributed by atoms with Crippen LogP contribution in [0.2, 0.25) is 0 Å². The Hall–Kier alpha value is -3.19. The van der Waals surface area contributed by atoms with Gasteiger partial charge in [0.05, 0.1) is 14.2 Å². The van der Waals surface area contributed by atoms with Crippen molar-refractivity contribution in [2.24, 2.45) is 0 Å². The zero-order chi connectivity index (χ0) is 20.9. The Kier molecular flexibility index (Phi) is 6.09. The number of carbonyl (C=O) groups excluding carboxylic acids is 1. The number of hydrogen-bond donors (Lipinski definition) is 0. The fourth-order valence-electron chi connectivity index (χ4n) is 3.65. The molecule has 2 aliphatic rings. The smallest absolute Gasteiger partial charge is 0.246 e. The zero-order valence-electron chi connectivity index (χ0n) is 17.3. The zero-order valence-corrected chi connectivity index (χ0v) is 17.3. The van der Waals surface area contributed by atoms with E-state index in [1.54, 1.807) is 20.3 Å². The van der Waals surface area contributed by atoms with E-state index in [4.69, 9.17) is 18.9 Å². The number of nitrogens with zero attached hydrogens (tertiary/aromatic N) is 2. The van der Waals surface area contributed by atoms with E-state index in [1.165, 1.54) is 5.56 Å². The number of fused-ring (bicyclic) bond motifs is 1. The summed E-state index contributed by atoms with van der Waals surface area (Å²) in [6.45, 7) is 4.21. The molecule has 1 saturated heterocycles. The van der Waals surface area contributed by atoms with Crippen molar-refractivity contribution in [3.63, 3.8) is 0 Å². The first-order valence-electron chi connectivity index (χ1n) is 9.96. The number of methoxy groups -OCH3 is 2. The molecule has 0 aromatic heterocycles. The van der Waals surface area contributed by atoms with Crippen molar-refractivity contribution in [3.05, 3.63) is 53.6 Å². The Morgan fingerprint density at radius 3 is 2.50 bits per heavy atom. The molecule has 158 valence electrons. The van der Waals surface area contributed by atoms with Gasteiger partial charge in [-0.15, -0.1) is 0 Å². The molecule has 30 heavy (non-hydrogen) atoms. The maximum atomic E-state index is 12.6. The van der Waals surface area contributed by atoms with Gasteiger partial charge in [0.2, 0.25) is 12.7 Å². The largest absolute Gasteiger partial charge is 0.493 e. The molecule has 1 amide bonds. The van der Waals surface area contributed by atoms with Crippen LogP contribution in [0.4, 0.5) is 0 Å². The van der Waals surface area contributed by atoms with Crippen LogP contribution in [0, 0.1) is 0 Å². The summed E-state index contributed by atoms with van der Waals surface area (Å²) in [7, 11) is 3.20. The van der Waals surface area contributed by atoms with E-state index >= 15 is 0 Å². The Morgan fingerprint density at radius 1 is 0.967 bits per heavy atom. The predicted octanol–water partition coefficient (Wildman–Crippen LogP) is 2.79. The maximum Gasteiger partial charge on any atom is 0.246 e. The quantitative estimate of drug-likeness (QED) is 0.683. The highest BCUT2D eigenvalue weighted by Crippen LogP contribution is 2.33. The van der Waals surface area contributed by atoms with E-state index in [1.807, 2.05) is 41.3 Å². The van der Waals surface area contributed by atoms with E-state index in [0.717, 1.165) is 36.7 Å². The second-order valence-electron chi connectivity index (χ2n) is 7.24. The Labute approximate surface area is 176 Å². The first-order valence-corrected chi connectivity index (χ1v) is 9.96. The first kappa shape index (κ1) is 20.1. The SMILES string of the molecule is COc1ccc(/C=C\C(=O)N2CCN(Cc3ccc4c(c3)OCO4)CC2)cc1OC. The van der Waals surface area contributed by atoms with E-state index in [9.17, 15) is 4.79 Å². The van der Waals surface area contributed by atoms with Crippen molar-refractivity contribution in [2.75, 3.05) is 47.2 Å². The van der Waals surface area contributed by atoms with Gasteiger partial charge in [-0.25, -0.2) is 0 Å². The number of hydrogen-bond acceptors (Lipinski definition) is 6. The summed E-state index contributed by atoms with van der Waals surface area (Å²) in [5.74, 6) is 2.94. The Balaban J connectivity index is 1.29. The predicted molar refractivity (Wildman–Crippen MR) is 113 cm³/mol. The molecule has 0 N–H and O–H groups in total. The highest BCUT2D eigenvalue weighted by molar-refractivity contribution is 5.92. The molecule has 2 aromatic rings. The number of rotatable bonds is 6. The molecule has 2 heterocycles. The van der Waals surface area contributed by atoms with Crippen LogP contribution in [0.1, 0.15) is 11.1 Å². The third-order valence-electron chi connectivity index (χ3n) is 5.35. The lowest BCUT2D eigenvalue weighted by Crippen LogP contribution is -2.47. The molecule has 0 bridgehead atoms. The van der Waals surface area contributed by atoms with Crippen LogP contribution < -0.4 is 18.9 Å². The topological polar surface area (TPSA) is 60.5 Å². The van der Waals surface area contributed by atoms with Crippen molar-refractivity contribution in [2.45, 2.75) is 6.54 Å². The molecule has 4 rings (SSSR count). The van der Waals surface area contributed by atoms with Crippen LogP contribution in [-0.4, -0.2) is 62.9 Å². The van der Waals surface area contributed by atoms with E-state index in [-0.39, 0.29) is 12.7 Å². The molecule has 1 fully saturated rings. The van der Waals surface area contributed by atoms with Gasteiger partial charge in [-0.2, -0.15) is 0 Å². The third kappa shape index (κ3) is 4.52. The molecule has 0 aliphatic carbocycles. The molecule has 0 saturated carbocycles. The molecule has 0 unspecified atom stereocenters.